The molecule has 7 nitrogen and oxygen atoms in total. The fourth-order valence-electron chi connectivity index (χ4n) is 3.39. The Labute approximate surface area is 203 Å². The lowest BCUT2D eigenvalue weighted by Crippen LogP contribution is -2.40. The van der Waals surface area contributed by atoms with E-state index in [0.717, 1.165) is 22.6 Å². The topological polar surface area (TPSA) is 71.5 Å². The summed E-state index contributed by atoms with van der Waals surface area (Å²) in [5.74, 6) is 0.704. The number of nitrogens with zero attached hydrogens (tertiary/aromatic N) is 5. The normalized spacial score (nSPS) is 12.4. The number of imidazole rings is 1. The van der Waals surface area contributed by atoms with Crippen LogP contribution in [0.1, 0.15) is 23.0 Å². The van der Waals surface area contributed by atoms with Gasteiger partial charge in [-0.1, -0.05) is 29.8 Å². The molecule has 0 saturated carbocycles. The van der Waals surface area contributed by atoms with E-state index >= 15 is 0 Å². The Hall–Kier alpha value is -2.59. The smallest absolute Gasteiger partial charge is 0.191 e. The zero-order valence-electron chi connectivity index (χ0n) is 17.4. The summed E-state index contributed by atoms with van der Waals surface area (Å²) in [6.45, 7) is 3.26. The highest BCUT2D eigenvalue weighted by Gasteiger charge is 2.15. The first kappa shape index (κ1) is 23.1. The molecule has 0 radical (unpaired) electrons. The maximum Gasteiger partial charge on any atom is 0.191 e. The van der Waals surface area contributed by atoms with Crippen molar-refractivity contribution in [3.8, 4) is 0 Å². The number of pyridine rings is 1. The first-order chi connectivity index (χ1) is 14.6. The van der Waals surface area contributed by atoms with Gasteiger partial charge in [0.2, 0.25) is 0 Å². The minimum atomic E-state index is 0. The average molecular weight is 550 g/mol. The largest absolute Gasteiger partial charge is 0.354 e. The quantitative estimate of drug-likeness (QED) is 0.216. The Morgan fingerprint density at radius 2 is 1.94 bits per heavy atom. The molecule has 0 amide bonds. The van der Waals surface area contributed by atoms with Gasteiger partial charge in [0.1, 0.15) is 5.65 Å². The summed E-state index contributed by atoms with van der Waals surface area (Å²) in [6.07, 6.45) is 5.78. The molecule has 0 bridgehead atoms. The van der Waals surface area contributed by atoms with Crippen LogP contribution in [0.15, 0.2) is 72.1 Å². The summed E-state index contributed by atoms with van der Waals surface area (Å²) in [7, 11) is 1.76. The van der Waals surface area contributed by atoms with Gasteiger partial charge in [0, 0.05) is 42.9 Å². The number of hydrogen-bond acceptors (Lipinski definition) is 3. The van der Waals surface area contributed by atoms with Crippen LogP contribution in [0.25, 0.3) is 5.65 Å². The van der Waals surface area contributed by atoms with Crippen LogP contribution in [0.2, 0.25) is 5.02 Å². The van der Waals surface area contributed by atoms with Gasteiger partial charge in [-0.05, 0) is 42.8 Å². The highest BCUT2D eigenvalue weighted by Crippen LogP contribution is 2.19. The molecular formula is C22H25ClIN7. The van der Waals surface area contributed by atoms with Gasteiger partial charge in [-0.2, -0.15) is 5.10 Å². The van der Waals surface area contributed by atoms with Gasteiger partial charge < -0.3 is 15.0 Å². The van der Waals surface area contributed by atoms with E-state index in [-0.39, 0.29) is 30.0 Å². The molecule has 0 saturated heterocycles. The SMILES string of the molecule is CN=C(NCc1cn2c(C)cccc2n1)NCC(c1ccc(Cl)cc1)n1cccn1.I. The second-order valence-corrected chi connectivity index (χ2v) is 7.42. The van der Waals surface area contributed by atoms with Gasteiger partial charge in [0.25, 0.3) is 0 Å². The van der Waals surface area contributed by atoms with Crippen molar-refractivity contribution in [2.75, 3.05) is 13.6 Å². The molecular weight excluding hydrogens is 525 g/mol. The number of aryl methyl sites for hydroxylation is 1. The Bertz CT molecular complexity index is 1140. The monoisotopic (exact) mass is 549 g/mol. The highest BCUT2D eigenvalue weighted by molar-refractivity contribution is 14.0. The lowest BCUT2D eigenvalue weighted by Gasteiger charge is -2.20. The van der Waals surface area contributed by atoms with Crippen LogP contribution in [0, 0.1) is 6.92 Å². The molecule has 3 heterocycles. The Morgan fingerprint density at radius 1 is 1.13 bits per heavy atom. The average Bonchev–Trinajstić information content (AvgIpc) is 3.42. The number of guanidine groups is 1. The number of nitrogens with one attached hydrogen (secondary N) is 2. The van der Waals surface area contributed by atoms with Crippen molar-refractivity contribution in [2.24, 2.45) is 4.99 Å². The number of hydrogen-bond donors (Lipinski definition) is 2. The van der Waals surface area contributed by atoms with E-state index in [1.807, 2.05) is 59.5 Å². The number of fused-ring (bicyclic) bond motifs is 1. The van der Waals surface area contributed by atoms with Crippen LogP contribution in [0.5, 0.6) is 0 Å². The summed E-state index contributed by atoms with van der Waals surface area (Å²) >= 11 is 6.05. The molecule has 0 aliphatic rings. The lowest BCUT2D eigenvalue weighted by molar-refractivity contribution is 0.510. The van der Waals surface area contributed by atoms with Crippen molar-refractivity contribution in [1.82, 2.24) is 29.8 Å². The molecule has 2 N–H and O–H groups in total. The zero-order chi connectivity index (χ0) is 20.9. The summed E-state index contributed by atoms with van der Waals surface area (Å²) in [6, 6.07) is 15.8. The molecule has 0 aliphatic carbocycles. The second-order valence-electron chi connectivity index (χ2n) is 6.99. The molecule has 1 unspecified atom stereocenters. The molecule has 4 rings (SSSR count). The minimum Gasteiger partial charge on any atom is -0.354 e. The van der Waals surface area contributed by atoms with Crippen LogP contribution in [0.4, 0.5) is 0 Å². The van der Waals surface area contributed by atoms with Crippen molar-refractivity contribution in [1.29, 1.82) is 0 Å². The Morgan fingerprint density at radius 3 is 2.61 bits per heavy atom. The van der Waals surface area contributed by atoms with E-state index in [1.54, 1.807) is 13.2 Å². The number of aromatic nitrogens is 4. The number of aliphatic imine (C=N–C) groups is 1. The van der Waals surface area contributed by atoms with E-state index < -0.39 is 0 Å². The summed E-state index contributed by atoms with van der Waals surface area (Å²) in [5.41, 5.74) is 4.16. The fourth-order valence-corrected chi connectivity index (χ4v) is 3.51. The summed E-state index contributed by atoms with van der Waals surface area (Å²) < 4.78 is 4.01. The van der Waals surface area contributed by atoms with Crippen LogP contribution in [-0.2, 0) is 6.54 Å². The van der Waals surface area contributed by atoms with Gasteiger partial charge >= 0.3 is 0 Å². The van der Waals surface area contributed by atoms with Crippen LogP contribution >= 0.6 is 35.6 Å². The van der Waals surface area contributed by atoms with Crippen LogP contribution in [0.3, 0.4) is 0 Å². The van der Waals surface area contributed by atoms with E-state index in [9.17, 15) is 0 Å². The molecule has 1 atom stereocenters. The third-order valence-corrected chi connectivity index (χ3v) is 5.22. The molecule has 0 spiro atoms. The molecule has 0 aliphatic heterocycles. The summed E-state index contributed by atoms with van der Waals surface area (Å²) in [4.78, 5) is 9.01. The maximum absolute atomic E-state index is 6.05. The highest BCUT2D eigenvalue weighted by atomic mass is 127. The predicted molar refractivity (Wildman–Crippen MR) is 135 cm³/mol. The van der Waals surface area contributed by atoms with Gasteiger partial charge in [0.05, 0.1) is 18.3 Å². The van der Waals surface area contributed by atoms with E-state index in [0.29, 0.717) is 24.1 Å². The van der Waals surface area contributed by atoms with Crippen molar-refractivity contribution in [3.05, 3.63) is 89.1 Å². The first-order valence-corrected chi connectivity index (χ1v) is 10.1. The summed E-state index contributed by atoms with van der Waals surface area (Å²) in [5, 5.41) is 11.9. The van der Waals surface area contributed by atoms with E-state index in [2.05, 4.69) is 43.1 Å². The van der Waals surface area contributed by atoms with Crippen molar-refractivity contribution < 1.29 is 0 Å². The van der Waals surface area contributed by atoms with Gasteiger partial charge in [-0.25, -0.2) is 4.98 Å². The van der Waals surface area contributed by atoms with E-state index in [1.165, 1.54) is 0 Å². The van der Waals surface area contributed by atoms with Gasteiger partial charge in [0.15, 0.2) is 5.96 Å². The van der Waals surface area contributed by atoms with Crippen LogP contribution in [-0.4, -0.2) is 38.7 Å². The number of rotatable bonds is 6. The van der Waals surface area contributed by atoms with Crippen molar-refractivity contribution >= 4 is 47.2 Å². The fraction of sp³-hybridized carbons (Fsp3) is 0.227. The molecule has 3 aromatic heterocycles. The zero-order valence-corrected chi connectivity index (χ0v) is 20.5. The Balaban J connectivity index is 0.00000272. The molecule has 162 valence electrons. The standard InChI is InChI=1S/C22H24ClN7.HI/c1-16-5-3-6-21-28-19(15-29(16)21)13-25-22(24-2)26-14-20(30-12-4-11-27-30)17-7-9-18(23)10-8-17;/h3-12,15,20H,13-14H2,1-2H3,(H2,24,25,26);1H. The van der Waals surface area contributed by atoms with Gasteiger partial charge in [-0.3, -0.25) is 9.67 Å². The van der Waals surface area contributed by atoms with Crippen molar-refractivity contribution in [3.63, 3.8) is 0 Å². The molecule has 9 heteroatoms. The van der Waals surface area contributed by atoms with Crippen molar-refractivity contribution in [2.45, 2.75) is 19.5 Å². The Kier molecular flexibility index (Phi) is 7.91. The molecule has 1 aromatic carbocycles. The lowest BCUT2D eigenvalue weighted by atomic mass is 10.1. The predicted octanol–water partition coefficient (Wildman–Crippen LogP) is 4.07. The molecule has 0 fully saturated rings. The number of halogens is 2. The molecule has 4 aromatic rings. The number of benzene rings is 1. The minimum absolute atomic E-state index is 0. The van der Waals surface area contributed by atoms with E-state index in [4.69, 9.17) is 11.6 Å². The van der Waals surface area contributed by atoms with Gasteiger partial charge in [-0.15, -0.1) is 24.0 Å². The maximum atomic E-state index is 6.05. The molecule has 31 heavy (non-hydrogen) atoms. The third kappa shape index (κ3) is 5.56. The first-order valence-electron chi connectivity index (χ1n) is 9.77. The second kappa shape index (κ2) is 10.6. The van der Waals surface area contributed by atoms with Crippen LogP contribution < -0.4 is 10.6 Å². The third-order valence-electron chi connectivity index (χ3n) is 4.97.